The molecule has 1 spiro atoms. The van der Waals surface area contributed by atoms with Crippen molar-refractivity contribution in [2.45, 2.75) is 37.8 Å². The van der Waals surface area contributed by atoms with Crippen LogP contribution in [-0.4, -0.2) is 29.3 Å². The lowest BCUT2D eigenvalue weighted by Gasteiger charge is -2.33. The van der Waals surface area contributed by atoms with Crippen LogP contribution in [0.5, 0.6) is 0 Å². The highest BCUT2D eigenvalue weighted by Crippen LogP contribution is 2.39. The summed E-state index contributed by atoms with van der Waals surface area (Å²) >= 11 is 6.01. The number of benzene rings is 2. The Kier molecular flexibility index (Phi) is 5.04. The van der Waals surface area contributed by atoms with Crippen molar-refractivity contribution in [2.75, 3.05) is 6.54 Å². The maximum absolute atomic E-state index is 13.2. The van der Waals surface area contributed by atoms with Gasteiger partial charge in [0.15, 0.2) is 0 Å². The molecule has 1 saturated heterocycles. The van der Waals surface area contributed by atoms with Crippen LogP contribution >= 0.6 is 11.6 Å². The summed E-state index contributed by atoms with van der Waals surface area (Å²) < 4.78 is 0. The molecule has 7 heteroatoms. The number of carbonyl (C=O) groups is 3. The van der Waals surface area contributed by atoms with Gasteiger partial charge in [-0.15, -0.1) is 0 Å². The second-order valence-corrected chi connectivity index (χ2v) is 8.02. The van der Waals surface area contributed by atoms with Gasteiger partial charge >= 0.3 is 6.03 Å². The molecule has 1 aliphatic heterocycles. The van der Waals surface area contributed by atoms with Crippen molar-refractivity contribution >= 4 is 29.4 Å². The first-order valence-electron chi connectivity index (χ1n) is 9.68. The molecule has 0 aromatic heterocycles. The van der Waals surface area contributed by atoms with Gasteiger partial charge in [-0.25, -0.2) is 4.79 Å². The fourth-order valence-electron chi connectivity index (χ4n) is 4.25. The van der Waals surface area contributed by atoms with Crippen LogP contribution in [0.15, 0.2) is 48.5 Å². The van der Waals surface area contributed by atoms with Crippen molar-refractivity contribution in [3.05, 3.63) is 70.2 Å². The molecule has 2 aromatic rings. The number of nitrogens with one attached hydrogen (secondary N) is 2. The van der Waals surface area contributed by atoms with E-state index in [1.165, 1.54) is 0 Å². The first-order valence-corrected chi connectivity index (χ1v) is 10.1. The zero-order valence-corrected chi connectivity index (χ0v) is 16.8. The molecule has 2 aliphatic rings. The highest BCUT2D eigenvalue weighted by atomic mass is 35.5. The van der Waals surface area contributed by atoms with Crippen molar-refractivity contribution in [3.63, 3.8) is 0 Å². The summed E-state index contributed by atoms with van der Waals surface area (Å²) in [5, 5.41) is 6.27. The second kappa shape index (κ2) is 7.52. The van der Waals surface area contributed by atoms with E-state index in [1.807, 2.05) is 43.3 Å². The number of halogens is 1. The van der Waals surface area contributed by atoms with Crippen LogP contribution in [0.1, 0.15) is 42.5 Å². The Balaban J connectivity index is 1.50. The normalized spacial score (nSPS) is 21.7. The molecule has 2 aromatic carbocycles. The Labute approximate surface area is 174 Å². The number of urea groups is 1. The number of fused-ring (bicyclic) bond motifs is 2. The fourth-order valence-corrected chi connectivity index (χ4v) is 4.44. The van der Waals surface area contributed by atoms with Crippen molar-refractivity contribution in [2.24, 2.45) is 0 Å². The van der Waals surface area contributed by atoms with E-state index in [2.05, 4.69) is 10.6 Å². The summed E-state index contributed by atoms with van der Waals surface area (Å²) in [5.74, 6) is -0.762. The molecule has 4 amide bonds. The third-order valence-electron chi connectivity index (χ3n) is 5.68. The van der Waals surface area contributed by atoms with Crippen molar-refractivity contribution in [1.82, 2.24) is 15.5 Å². The predicted molar refractivity (Wildman–Crippen MR) is 109 cm³/mol. The molecule has 4 rings (SSSR count). The monoisotopic (exact) mass is 411 g/mol. The third kappa shape index (κ3) is 3.49. The first-order chi connectivity index (χ1) is 13.9. The summed E-state index contributed by atoms with van der Waals surface area (Å²) in [6.07, 6.45) is 2.21. The van der Waals surface area contributed by atoms with Gasteiger partial charge in [0, 0.05) is 5.02 Å². The molecule has 2 N–H and O–H groups in total. The van der Waals surface area contributed by atoms with Gasteiger partial charge in [-0.2, -0.15) is 0 Å². The first kappa shape index (κ1) is 19.5. The lowest BCUT2D eigenvalue weighted by Crippen LogP contribution is -2.47. The maximum atomic E-state index is 13.2. The van der Waals surface area contributed by atoms with Crippen molar-refractivity contribution in [3.8, 4) is 0 Å². The molecule has 1 fully saturated rings. The predicted octanol–water partition coefficient (Wildman–Crippen LogP) is 3.30. The van der Waals surface area contributed by atoms with Gasteiger partial charge in [0.25, 0.3) is 5.91 Å². The summed E-state index contributed by atoms with van der Waals surface area (Å²) in [5.41, 5.74) is 1.68. The molecule has 1 aliphatic carbocycles. The number of imide groups is 1. The van der Waals surface area contributed by atoms with Crippen LogP contribution in [0.4, 0.5) is 4.79 Å². The molecular weight excluding hydrogens is 390 g/mol. The third-order valence-corrected chi connectivity index (χ3v) is 5.91. The quantitative estimate of drug-likeness (QED) is 0.757. The Hall–Kier alpha value is -2.86. The molecule has 1 heterocycles. The van der Waals surface area contributed by atoms with E-state index in [4.69, 9.17) is 11.6 Å². The van der Waals surface area contributed by atoms with Gasteiger partial charge in [-0.1, -0.05) is 48.0 Å². The van der Waals surface area contributed by atoms with Crippen molar-refractivity contribution < 1.29 is 14.4 Å². The molecule has 0 saturated carbocycles. The van der Waals surface area contributed by atoms with E-state index < -0.39 is 17.5 Å². The molecule has 2 atom stereocenters. The van der Waals surface area contributed by atoms with Gasteiger partial charge in [-0.3, -0.25) is 14.5 Å². The van der Waals surface area contributed by atoms with Crippen molar-refractivity contribution in [1.29, 1.82) is 0 Å². The van der Waals surface area contributed by atoms with Crippen LogP contribution in [0, 0.1) is 0 Å². The SMILES string of the molecule is C[C@H](NC(=O)CN1C(=O)N[C@@]2(CCCc3ccccc32)C1=O)c1cccc(Cl)c1. The topological polar surface area (TPSA) is 78.5 Å². The van der Waals surface area contributed by atoms with E-state index in [0.29, 0.717) is 11.4 Å². The number of hydrogen-bond donors (Lipinski definition) is 2. The summed E-state index contributed by atoms with van der Waals surface area (Å²) in [7, 11) is 0. The zero-order valence-electron chi connectivity index (χ0n) is 16.1. The largest absolute Gasteiger partial charge is 0.348 e. The highest BCUT2D eigenvalue weighted by Gasteiger charge is 2.54. The number of amides is 4. The molecule has 29 heavy (non-hydrogen) atoms. The standard InChI is InChI=1S/C22H22ClN3O3/c1-14(16-7-4-9-17(23)12-16)24-19(27)13-26-20(28)22(25-21(26)29)11-5-8-15-6-2-3-10-18(15)22/h2-4,6-7,9-10,12,14H,5,8,11,13H2,1H3,(H,24,27)(H,25,29)/t14-,22+/m0/s1. The Morgan fingerprint density at radius 1 is 1.24 bits per heavy atom. The lowest BCUT2D eigenvalue weighted by molar-refractivity contribution is -0.135. The van der Waals surface area contributed by atoms with Gasteiger partial charge in [0.1, 0.15) is 12.1 Å². The average molecular weight is 412 g/mol. The lowest BCUT2D eigenvalue weighted by atomic mass is 9.76. The number of hydrogen-bond acceptors (Lipinski definition) is 3. The summed E-state index contributed by atoms with van der Waals surface area (Å²) in [6.45, 7) is 1.51. The van der Waals surface area contributed by atoms with Gasteiger partial charge < -0.3 is 10.6 Å². The molecule has 6 nitrogen and oxygen atoms in total. The molecular formula is C22H22ClN3O3. The number of carbonyl (C=O) groups excluding carboxylic acids is 3. The second-order valence-electron chi connectivity index (χ2n) is 7.58. The van der Waals surface area contributed by atoms with E-state index in [9.17, 15) is 14.4 Å². The number of rotatable bonds is 4. The smallest absolute Gasteiger partial charge is 0.325 e. The molecule has 0 unspecified atom stereocenters. The van der Waals surface area contributed by atoms with E-state index in [1.54, 1.807) is 12.1 Å². The highest BCUT2D eigenvalue weighted by molar-refractivity contribution is 6.30. The van der Waals surface area contributed by atoms with Gasteiger partial charge in [0.05, 0.1) is 6.04 Å². The molecule has 0 radical (unpaired) electrons. The van der Waals surface area contributed by atoms with Crippen LogP contribution in [0.2, 0.25) is 5.02 Å². The maximum Gasteiger partial charge on any atom is 0.325 e. The zero-order chi connectivity index (χ0) is 20.6. The van der Waals surface area contributed by atoms with Crippen LogP contribution < -0.4 is 10.6 Å². The fraction of sp³-hybridized carbons (Fsp3) is 0.318. The number of nitrogens with zero attached hydrogens (tertiary/aromatic N) is 1. The van der Waals surface area contributed by atoms with Gasteiger partial charge in [0.2, 0.25) is 5.91 Å². The van der Waals surface area contributed by atoms with Gasteiger partial charge in [-0.05, 0) is 55.0 Å². The molecule has 150 valence electrons. The minimum atomic E-state index is -1.06. The Morgan fingerprint density at radius 2 is 2.03 bits per heavy atom. The van der Waals surface area contributed by atoms with E-state index in [-0.39, 0.29) is 18.5 Å². The Bertz CT molecular complexity index is 993. The van der Waals surface area contributed by atoms with E-state index in [0.717, 1.165) is 34.4 Å². The summed E-state index contributed by atoms with van der Waals surface area (Å²) in [4.78, 5) is 39.4. The van der Waals surface area contributed by atoms with E-state index >= 15 is 0 Å². The van der Waals surface area contributed by atoms with Crippen LogP contribution in [0.25, 0.3) is 0 Å². The minimum Gasteiger partial charge on any atom is -0.348 e. The molecule has 0 bridgehead atoms. The summed E-state index contributed by atoms with van der Waals surface area (Å²) in [6, 6.07) is 14.0. The average Bonchev–Trinajstić information content (AvgIpc) is 2.93. The Morgan fingerprint density at radius 3 is 2.83 bits per heavy atom. The van der Waals surface area contributed by atoms with Crippen LogP contribution in [-0.2, 0) is 21.5 Å². The number of aryl methyl sites for hydroxylation is 1. The van der Waals surface area contributed by atoms with Crippen LogP contribution in [0.3, 0.4) is 0 Å². The minimum absolute atomic E-state index is 0.300.